The number of fused-ring (bicyclic) bond motifs is 1. The molecule has 0 radical (unpaired) electrons. The van der Waals surface area contributed by atoms with Crippen LogP contribution in [0.15, 0.2) is 30.3 Å². The van der Waals surface area contributed by atoms with Crippen LogP contribution in [0.4, 0.5) is 5.82 Å². The monoisotopic (exact) mass is 367 g/mol. The van der Waals surface area contributed by atoms with E-state index < -0.39 is 0 Å². The van der Waals surface area contributed by atoms with Gasteiger partial charge < -0.3 is 19.8 Å². The summed E-state index contributed by atoms with van der Waals surface area (Å²) >= 11 is 0. The second-order valence-electron chi connectivity index (χ2n) is 6.77. The van der Waals surface area contributed by atoms with Gasteiger partial charge in [0.05, 0.1) is 6.61 Å². The normalized spacial score (nSPS) is 16.9. The van der Waals surface area contributed by atoms with Gasteiger partial charge in [0.2, 0.25) is 0 Å². The Morgan fingerprint density at radius 3 is 2.81 bits per heavy atom. The minimum absolute atomic E-state index is 0.00704. The van der Waals surface area contributed by atoms with Crippen molar-refractivity contribution in [2.24, 2.45) is 0 Å². The summed E-state index contributed by atoms with van der Waals surface area (Å²) in [4.78, 5) is 13.6. The molecular formula is C20H25N5O2. The standard InChI is InChI=1S/C20H25N5O2/c1-2-11-25-18(15-9-6-12-26-15)22-16-17(21)23-20(24-19(16)25)27-13-10-14-7-4-3-5-8-14/h3-5,7-8,15H,2,6,9-13H2,1H3,(H2,21,23,24). The Morgan fingerprint density at radius 2 is 2.07 bits per heavy atom. The summed E-state index contributed by atoms with van der Waals surface area (Å²) < 4.78 is 13.7. The maximum absolute atomic E-state index is 6.17. The van der Waals surface area contributed by atoms with Crippen molar-refractivity contribution in [2.45, 2.75) is 45.3 Å². The Kier molecular flexibility index (Phi) is 5.20. The topological polar surface area (TPSA) is 88.1 Å². The number of aryl methyl sites for hydroxylation is 1. The third-order valence-electron chi connectivity index (χ3n) is 4.76. The molecule has 1 aliphatic heterocycles. The summed E-state index contributed by atoms with van der Waals surface area (Å²) in [5.41, 5.74) is 8.74. The molecular weight excluding hydrogens is 342 g/mol. The number of imidazole rings is 1. The second kappa shape index (κ2) is 7.92. The summed E-state index contributed by atoms with van der Waals surface area (Å²) in [6, 6.07) is 10.5. The van der Waals surface area contributed by atoms with Gasteiger partial charge in [-0.15, -0.1) is 0 Å². The summed E-state index contributed by atoms with van der Waals surface area (Å²) in [5, 5.41) is 0. The second-order valence-corrected chi connectivity index (χ2v) is 6.77. The smallest absolute Gasteiger partial charge is 0.320 e. The fraction of sp³-hybridized carbons (Fsp3) is 0.450. The van der Waals surface area contributed by atoms with Crippen molar-refractivity contribution in [3.63, 3.8) is 0 Å². The number of benzene rings is 1. The van der Waals surface area contributed by atoms with Crippen molar-refractivity contribution in [1.82, 2.24) is 19.5 Å². The van der Waals surface area contributed by atoms with Gasteiger partial charge in [0, 0.05) is 19.6 Å². The Bertz CT molecular complexity index is 904. The van der Waals surface area contributed by atoms with Crippen LogP contribution < -0.4 is 10.5 Å². The zero-order valence-corrected chi connectivity index (χ0v) is 15.6. The van der Waals surface area contributed by atoms with Gasteiger partial charge in [-0.25, -0.2) is 4.98 Å². The molecule has 3 aromatic rings. The third kappa shape index (κ3) is 3.73. The summed E-state index contributed by atoms with van der Waals surface area (Å²) in [7, 11) is 0. The predicted molar refractivity (Wildman–Crippen MR) is 104 cm³/mol. The lowest BCUT2D eigenvalue weighted by Crippen LogP contribution is -2.10. The maximum atomic E-state index is 6.17. The molecule has 1 unspecified atom stereocenters. The van der Waals surface area contributed by atoms with E-state index in [0.29, 0.717) is 24.0 Å². The first kappa shape index (κ1) is 17.7. The van der Waals surface area contributed by atoms with E-state index in [-0.39, 0.29) is 6.10 Å². The maximum Gasteiger partial charge on any atom is 0.320 e. The van der Waals surface area contributed by atoms with Crippen LogP contribution in [0.25, 0.3) is 11.2 Å². The number of rotatable bonds is 7. The van der Waals surface area contributed by atoms with Crippen LogP contribution in [-0.2, 0) is 17.7 Å². The Morgan fingerprint density at radius 1 is 1.22 bits per heavy atom. The first-order chi connectivity index (χ1) is 13.3. The van der Waals surface area contributed by atoms with Crippen LogP contribution in [0.1, 0.15) is 43.7 Å². The van der Waals surface area contributed by atoms with Crippen molar-refractivity contribution in [2.75, 3.05) is 18.9 Å². The summed E-state index contributed by atoms with van der Waals surface area (Å²) in [5.74, 6) is 1.25. The zero-order chi connectivity index (χ0) is 18.6. The number of nitrogens with zero attached hydrogens (tertiary/aromatic N) is 4. The first-order valence-corrected chi connectivity index (χ1v) is 9.58. The van der Waals surface area contributed by atoms with Gasteiger partial charge in [-0.3, -0.25) is 0 Å². The third-order valence-corrected chi connectivity index (χ3v) is 4.76. The average molecular weight is 367 g/mol. The highest BCUT2D eigenvalue weighted by atomic mass is 16.5. The van der Waals surface area contributed by atoms with Crippen LogP contribution >= 0.6 is 0 Å². The molecule has 2 N–H and O–H groups in total. The first-order valence-electron chi connectivity index (χ1n) is 9.58. The molecule has 2 aromatic heterocycles. The lowest BCUT2D eigenvalue weighted by molar-refractivity contribution is 0.102. The van der Waals surface area contributed by atoms with Crippen LogP contribution in [0.3, 0.4) is 0 Å². The van der Waals surface area contributed by atoms with Gasteiger partial charge in [0.25, 0.3) is 0 Å². The molecule has 7 nitrogen and oxygen atoms in total. The van der Waals surface area contributed by atoms with E-state index in [1.807, 2.05) is 18.2 Å². The van der Waals surface area contributed by atoms with E-state index in [0.717, 1.165) is 50.3 Å². The number of aromatic nitrogens is 4. The van der Waals surface area contributed by atoms with Gasteiger partial charge in [-0.2, -0.15) is 9.97 Å². The molecule has 0 bridgehead atoms. The van der Waals surface area contributed by atoms with Gasteiger partial charge in [-0.05, 0) is 24.8 Å². The van der Waals surface area contributed by atoms with Crippen LogP contribution in [0, 0.1) is 0 Å². The molecule has 1 aromatic carbocycles. The van der Waals surface area contributed by atoms with Crippen molar-refractivity contribution in [3.05, 3.63) is 41.7 Å². The molecule has 1 fully saturated rings. The highest BCUT2D eigenvalue weighted by Gasteiger charge is 2.26. The number of nitrogens with two attached hydrogens (primary N) is 1. The molecule has 1 atom stereocenters. The van der Waals surface area contributed by atoms with Gasteiger partial charge in [-0.1, -0.05) is 37.3 Å². The van der Waals surface area contributed by atoms with E-state index >= 15 is 0 Å². The largest absolute Gasteiger partial charge is 0.463 e. The van der Waals surface area contributed by atoms with E-state index in [1.165, 1.54) is 5.56 Å². The average Bonchev–Trinajstić information content (AvgIpc) is 3.32. The van der Waals surface area contributed by atoms with Gasteiger partial charge in [0.15, 0.2) is 17.0 Å². The molecule has 0 spiro atoms. The molecule has 1 saturated heterocycles. The van der Waals surface area contributed by atoms with Crippen LogP contribution in [-0.4, -0.2) is 32.7 Å². The SMILES string of the molecule is CCCn1c(C2CCCO2)nc2c(N)nc(OCCc3ccccc3)nc21. The number of nitrogen functional groups attached to an aromatic ring is 1. The summed E-state index contributed by atoms with van der Waals surface area (Å²) in [6.45, 7) is 4.21. The number of hydrogen-bond donors (Lipinski definition) is 1. The van der Waals surface area contributed by atoms with E-state index in [4.69, 9.17) is 20.2 Å². The highest BCUT2D eigenvalue weighted by Crippen LogP contribution is 2.32. The molecule has 7 heteroatoms. The molecule has 0 saturated carbocycles. The van der Waals surface area contributed by atoms with Crippen molar-refractivity contribution < 1.29 is 9.47 Å². The minimum Gasteiger partial charge on any atom is -0.463 e. The van der Waals surface area contributed by atoms with E-state index in [1.54, 1.807) is 0 Å². The number of anilines is 1. The van der Waals surface area contributed by atoms with Crippen molar-refractivity contribution in [1.29, 1.82) is 0 Å². The Balaban J connectivity index is 1.60. The lowest BCUT2D eigenvalue weighted by atomic mass is 10.2. The zero-order valence-electron chi connectivity index (χ0n) is 15.6. The highest BCUT2D eigenvalue weighted by molar-refractivity contribution is 5.82. The van der Waals surface area contributed by atoms with E-state index in [9.17, 15) is 0 Å². The fourth-order valence-electron chi connectivity index (χ4n) is 3.46. The Hall–Kier alpha value is -2.67. The van der Waals surface area contributed by atoms with E-state index in [2.05, 4.69) is 33.6 Å². The Labute approximate surface area is 158 Å². The predicted octanol–water partition coefficient (Wildman–Crippen LogP) is 3.29. The molecule has 142 valence electrons. The molecule has 27 heavy (non-hydrogen) atoms. The molecule has 4 rings (SSSR count). The molecule has 1 aliphatic rings. The van der Waals surface area contributed by atoms with Crippen molar-refractivity contribution >= 4 is 17.0 Å². The molecule has 3 heterocycles. The molecule has 0 amide bonds. The minimum atomic E-state index is 0.00704. The molecule has 0 aliphatic carbocycles. The van der Waals surface area contributed by atoms with Crippen LogP contribution in [0.2, 0.25) is 0 Å². The number of hydrogen-bond acceptors (Lipinski definition) is 6. The van der Waals surface area contributed by atoms with Gasteiger partial charge >= 0.3 is 6.01 Å². The van der Waals surface area contributed by atoms with Crippen LogP contribution in [0.5, 0.6) is 6.01 Å². The fourth-order valence-corrected chi connectivity index (χ4v) is 3.46. The number of ether oxygens (including phenoxy) is 2. The summed E-state index contributed by atoms with van der Waals surface area (Å²) in [6.07, 6.45) is 3.79. The lowest BCUT2D eigenvalue weighted by Gasteiger charge is -2.12. The van der Waals surface area contributed by atoms with Crippen molar-refractivity contribution in [3.8, 4) is 6.01 Å². The quantitative estimate of drug-likeness (QED) is 0.689. The van der Waals surface area contributed by atoms with Gasteiger partial charge in [0.1, 0.15) is 11.9 Å².